The molecule has 4 rings (SSSR count). The third kappa shape index (κ3) is 4.25. The fraction of sp³-hybridized carbons (Fsp3) is 0.0952. The number of fused-ring (bicyclic) bond motifs is 1. The maximum absolute atomic E-state index is 12.6. The minimum absolute atomic E-state index is 0.141. The van der Waals surface area contributed by atoms with Gasteiger partial charge in [-0.3, -0.25) is 14.9 Å². The van der Waals surface area contributed by atoms with Crippen molar-refractivity contribution in [1.29, 1.82) is 0 Å². The molecule has 0 atom stereocenters. The number of alkyl halides is 3. The molecule has 30 heavy (non-hydrogen) atoms. The van der Waals surface area contributed by atoms with Gasteiger partial charge in [0, 0.05) is 23.6 Å². The van der Waals surface area contributed by atoms with Crippen LogP contribution in [0.5, 0.6) is 0 Å². The van der Waals surface area contributed by atoms with Crippen LogP contribution in [0.25, 0.3) is 11.0 Å². The number of carbonyl (C=O) groups excluding carboxylic acids is 1. The largest absolute Gasteiger partial charge is 0.451 e. The Hall–Kier alpha value is -3.46. The summed E-state index contributed by atoms with van der Waals surface area (Å²) in [6.07, 6.45) is -2.47. The van der Waals surface area contributed by atoms with Crippen molar-refractivity contribution in [3.05, 3.63) is 92.8 Å². The standard InChI is InChI=1S/C21H13F3N2O3S/c22-21(23,24)13-7-5-12(6-8-13)9-14-11-25-20(30-14)26-19(28)18-10-16(27)15-3-1-2-4-17(15)29-18/h1-8,10-11H,9H2,(H,25,26,28). The van der Waals surface area contributed by atoms with Crippen LogP contribution in [-0.4, -0.2) is 10.9 Å². The molecule has 1 amide bonds. The zero-order valence-electron chi connectivity index (χ0n) is 15.2. The summed E-state index contributed by atoms with van der Waals surface area (Å²) in [6, 6.07) is 12.6. The van der Waals surface area contributed by atoms with Gasteiger partial charge in [0.15, 0.2) is 16.3 Å². The molecule has 5 nitrogen and oxygen atoms in total. The molecule has 0 unspecified atom stereocenters. The molecule has 2 aromatic carbocycles. The van der Waals surface area contributed by atoms with Crippen LogP contribution in [0.4, 0.5) is 18.3 Å². The first-order valence-electron chi connectivity index (χ1n) is 8.75. The average molecular weight is 430 g/mol. The maximum Gasteiger partial charge on any atom is 0.416 e. The van der Waals surface area contributed by atoms with E-state index in [0.29, 0.717) is 23.0 Å². The molecule has 0 bridgehead atoms. The summed E-state index contributed by atoms with van der Waals surface area (Å²) in [5, 5.41) is 3.24. The van der Waals surface area contributed by atoms with Gasteiger partial charge < -0.3 is 4.42 Å². The highest BCUT2D eigenvalue weighted by Crippen LogP contribution is 2.30. The number of amides is 1. The number of anilines is 1. The van der Waals surface area contributed by atoms with Gasteiger partial charge in [0.25, 0.3) is 5.91 Å². The van der Waals surface area contributed by atoms with Gasteiger partial charge in [-0.2, -0.15) is 13.2 Å². The molecule has 0 aliphatic carbocycles. The molecular weight excluding hydrogens is 417 g/mol. The molecule has 1 N–H and O–H groups in total. The number of nitrogens with zero attached hydrogens (tertiary/aromatic N) is 1. The lowest BCUT2D eigenvalue weighted by Crippen LogP contribution is -2.14. The van der Waals surface area contributed by atoms with E-state index in [-0.39, 0.29) is 16.3 Å². The second-order valence-electron chi connectivity index (χ2n) is 6.43. The molecule has 0 fully saturated rings. The lowest BCUT2D eigenvalue weighted by molar-refractivity contribution is -0.137. The highest BCUT2D eigenvalue weighted by Gasteiger charge is 2.29. The van der Waals surface area contributed by atoms with E-state index in [0.717, 1.165) is 23.1 Å². The zero-order valence-corrected chi connectivity index (χ0v) is 16.0. The Morgan fingerprint density at radius 3 is 2.57 bits per heavy atom. The minimum atomic E-state index is -4.38. The average Bonchev–Trinajstić information content (AvgIpc) is 3.14. The number of carbonyl (C=O) groups is 1. The Kier molecular flexibility index (Phi) is 5.13. The number of halogens is 3. The SMILES string of the molecule is O=C(Nc1ncc(Cc2ccc(C(F)(F)F)cc2)s1)c1cc(=O)c2ccccc2o1. The molecule has 0 aliphatic heterocycles. The monoisotopic (exact) mass is 430 g/mol. The summed E-state index contributed by atoms with van der Waals surface area (Å²) in [6.45, 7) is 0. The number of para-hydroxylation sites is 1. The van der Waals surface area contributed by atoms with E-state index in [2.05, 4.69) is 10.3 Å². The molecule has 152 valence electrons. The van der Waals surface area contributed by atoms with Crippen LogP contribution in [0.1, 0.15) is 26.6 Å². The predicted molar refractivity (Wildman–Crippen MR) is 107 cm³/mol. The van der Waals surface area contributed by atoms with Crippen LogP contribution >= 0.6 is 11.3 Å². The van der Waals surface area contributed by atoms with Crippen molar-refractivity contribution in [2.45, 2.75) is 12.6 Å². The fourth-order valence-electron chi connectivity index (χ4n) is 2.83. The van der Waals surface area contributed by atoms with Gasteiger partial charge in [0.05, 0.1) is 10.9 Å². The lowest BCUT2D eigenvalue weighted by Gasteiger charge is -2.06. The van der Waals surface area contributed by atoms with E-state index in [4.69, 9.17) is 4.42 Å². The molecule has 0 aliphatic rings. The number of rotatable bonds is 4. The highest BCUT2D eigenvalue weighted by atomic mass is 32.1. The first-order chi connectivity index (χ1) is 14.3. The van der Waals surface area contributed by atoms with Crippen molar-refractivity contribution in [3.63, 3.8) is 0 Å². The summed E-state index contributed by atoms with van der Waals surface area (Å²) >= 11 is 1.18. The normalized spacial score (nSPS) is 11.6. The molecule has 0 radical (unpaired) electrons. The fourth-order valence-corrected chi connectivity index (χ4v) is 3.68. The van der Waals surface area contributed by atoms with E-state index in [9.17, 15) is 22.8 Å². The zero-order chi connectivity index (χ0) is 21.3. The van der Waals surface area contributed by atoms with E-state index < -0.39 is 17.6 Å². The van der Waals surface area contributed by atoms with Crippen LogP contribution in [-0.2, 0) is 12.6 Å². The molecule has 9 heteroatoms. The van der Waals surface area contributed by atoms with E-state index in [1.54, 1.807) is 24.3 Å². The Morgan fingerprint density at radius 1 is 1.10 bits per heavy atom. The first kappa shape index (κ1) is 19.8. The molecular formula is C21H13F3N2O3S. The first-order valence-corrected chi connectivity index (χ1v) is 9.56. The number of thiazole rings is 1. The quantitative estimate of drug-likeness (QED) is 0.488. The third-order valence-electron chi connectivity index (χ3n) is 4.29. The molecule has 0 saturated carbocycles. The van der Waals surface area contributed by atoms with E-state index >= 15 is 0 Å². The Labute approximate surface area is 171 Å². The number of hydrogen-bond donors (Lipinski definition) is 1. The maximum atomic E-state index is 12.6. The molecule has 2 heterocycles. The summed E-state index contributed by atoms with van der Waals surface area (Å²) in [5.74, 6) is -0.758. The Bertz CT molecular complexity index is 1280. The number of benzene rings is 2. The Balaban J connectivity index is 1.47. The summed E-state index contributed by atoms with van der Waals surface area (Å²) < 4.78 is 43.4. The van der Waals surface area contributed by atoms with Crippen LogP contribution in [0.2, 0.25) is 0 Å². The smallest absolute Gasteiger partial charge is 0.416 e. The number of nitrogens with one attached hydrogen (secondary N) is 1. The van der Waals surface area contributed by atoms with Gasteiger partial charge >= 0.3 is 6.18 Å². The topological polar surface area (TPSA) is 72.2 Å². The van der Waals surface area contributed by atoms with Crippen LogP contribution in [0, 0.1) is 0 Å². The highest BCUT2D eigenvalue weighted by molar-refractivity contribution is 7.15. The second kappa shape index (κ2) is 7.75. The molecule has 0 spiro atoms. The third-order valence-corrected chi connectivity index (χ3v) is 5.20. The lowest BCUT2D eigenvalue weighted by atomic mass is 10.1. The van der Waals surface area contributed by atoms with Crippen LogP contribution in [0.15, 0.2) is 70.0 Å². The summed E-state index contributed by atoms with van der Waals surface area (Å²) in [5.41, 5.74) is -0.0492. The van der Waals surface area contributed by atoms with Crippen LogP contribution < -0.4 is 10.7 Å². The summed E-state index contributed by atoms with van der Waals surface area (Å²) in [7, 11) is 0. The van der Waals surface area contributed by atoms with Gasteiger partial charge in [-0.1, -0.05) is 24.3 Å². The molecule has 0 saturated heterocycles. The molecule has 2 aromatic heterocycles. The van der Waals surface area contributed by atoms with Crippen molar-refractivity contribution in [1.82, 2.24) is 4.98 Å². The van der Waals surface area contributed by atoms with E-state index in [1.165, 1.54) is 29.7 Å². The Morgan fingerprint density at radius 2 is 1.83 bits per heavy atom. The van der Waals surface area contributed by atoms with Crippen molar-refractivity contribution < 1.29 is 22.4 Å². The van der Waals surface area contributed by atoms with Crippen molar-refractivity contribution in [2.24, 2.45) is 0 Å². The minimum Gasteiger partial charge on any atom is -0.451 e. The summed E-state index contributed by atoms with van der Waals surface area (Å²) in [4.78, 5) is 29.4. The molecule has 4 aromatic rings. The van der Waals surface area contributed by atoms with Gasteiger partial charge in [0.2, 0.25) is 0 Å². The van der Waals surface area contributed by atoms with E-state index in [1.807, 2.05) is 0 Å². The van der Waals surface area contributed by atoms with Crippen molar-refractivity contribution >= 4 is 33.3 Å². The second-order valence-corrected chi connectivity index (χ2v) is 7.54. The van der Waals surface area contributed by atoms with Gasteiger partial charge in [0.1, 0.15) is 5.58 Å². The number of aromatic nitrogens is 1. The van der Waals surface area contributed by atoms with Gasteiger partial charge in [-0.05, 0) is 29.8 Å². The predicted octanol–water partition coefficient (Wildman–Crippen LogP) is 5.11. The van der Waals surface area contributed by atoms with Gasteiger partial charge in [-0.25, -0.2) is 4.98 Å². The van der Waals surface area contributed by atoms with Crippen molar-refractivity contribution in [3.8, 4) is 0 Å². The van der Waals surface area contributed by atoms with Crippen molar-refractivity contribution in [2.75, 3.05) is 5.32 Å². The number of hydrogen-bond acceptors (Lipinski definition) is 5. The van der Waals surface area contributed by atoms with Gasteiger partial charge in [-0.15, -0.1) is 11.3 Å². The van der Waals surface area contributed by atoms with Crippen LogP contribution in [0.3, 0.4) is 0 Å².